The van der Waals surface area contributed by atoms with Gasteiger partial charge in [-0.1, -0.05) is 0 Å². The summed E-state index contributed by atoms with van der Waals surface area (Å²) in [5.41, 5.74) is 0. The Morgan fingerprint density at radius 2 is 1.73 bits per heavy atom. The number of carbonyl (C=O) groups is 2. The molecule has 0 aliphatic carbocycles. The maximum Gasteiger partial charge on any atom is 0.326 e. The number of hydrogen-bond acceptors (Lipinski definition) is 5. The summed E-state index contributed by atoms with van der Waals surface area (Å²) < 4.78 is 11.3. The average molecular weight is 334 g/mol. The molecule has 7 nitrogen and oxygen atoms in total. The van der Waals surface area contributed by atoms with Crippen LogP contribution in [0.2, 0.25) is 0 Å². The third-order valence-corrected chi connectivity index (χ3v) is 4.93. The van der Waals surface area contributed by atoms with Crippen LogP contribution in [-0.4, -0.2) is 52.7 Å². The van der Waals surface area contributed by atoms with E-state index in [4.69, 9.17) is 9.05 Å². The van der Waals surface area contributed by atoms with Gasteiger partial charge in [0.25, 0.3) is 8.53 Å². The van der Waals surface area contributed by atoms with Crippen LogP contribution >= 0.6 is 8.53 Å². The van der Waals surface area contributed by atoms with E-state index in [1.165, 1.54) is 4.90 Å². The van der Waals surface area contributed by atoms with Gasteiger partial charge >= 0.3 is 5.97 Å². The molecule has 1 aliphatic rings. The molecule has 2 N–H and O–H groups in total. The summed E-state index contributed by atoms with van der Waals surface area (Å²) in [4.78, 5) is 25.1. The minimum atomic E-state index is -1.40. The van der Waals surface area contributed by atoms with Crippen molar-refractivity contribution >= 4 is 20.4 Å². The summed E-state index contributed by atoms with van der Waals surface area (Å²) in [5.74, 6) is -1.17. The van der Waals surface area contributed by atoms with Gasteiger partial charge in [-0.2, -0.15) is 0 Å². The number of aliphatic carboxylic acids is 1. The molecule has 1 unspecified atom stereocenters. The molecule has 22 heavy (non-hydrogen) atoms. The number of rotatable bonds is 8. The summed E-state index contributed by atoms with van der Waals surface area (Å²) in [7, 11) is -1.40. The fraction of sp³-hybridized carbons (Fsp3) is 0.857. The Kier molecular flexibility index (Phi) is 7.69. The number of carbonyl (C=O) groups excluding carboxylic acids is 1. The number of carboxylic acid groups (broad SMARTS) is 1. The standard InChI is InChI=1S/C14H27N2O5P/c1-9(2)20-22(21-10(3)4)15-11(5)13(17)16-8-6-7-12(16)14(18)19/h9-12,15H,6-8H2,1-5H3,(H,18,19)/t11?,12-/m0/s1. The van der Waals surface area contributed by atoms with Crippen LogP contribution in [-0.2, 0) is 18.6 Å². The van der Waals surface area contributed by atoms with E-state index in [9.17, 15) is 14.7 Å². The quantitative estimate of drug-likeness (QED) is 0.661. The second-order valence-electron chi connectivity index (χ2n) is 5.94. The lowest BCUT2D eigenvalue weighted by Gasteiger charge is -2.28. The predicted molar refractivity (Wildman–Crippen MR) is 84.3 cm³/mol. The molecule has 8 heteroatoms. The van der Waals surface area contributed by atoms with E-state index < -0.39 is 26.6 Å². The third-order valence-electron chi connectivity index (χ3n) is 3.10. The van der Waals surface area contributed by atoms with Gasteiger partial charge in [0.05, 0.1) is 18.2 Å². The number of amides is 1. The van der Waals surface area contributed by atoms with Gasteiger partial charge in [0.1, 0.15) is 6.04 Å². The third kappa shape index (κ3) is 5.80. The average Bonchev–Trinajstić information content (AvgIpc) is 2.85. The Morgan fingerprint density at radius 1 is 1.18 bits per heavy atom. The molecule has 0 aromatic rings. The highest BCUT2D eigenvalue weighted by Crippen LogP contribution is 2.37. The van der Waals surface area contributed by atoms with Crippen LogP contribution in [0.4, 0.5) is 0 Å². The van der Waals surface area contributed by atoms with E-state index in [0.717, 1.165) is 6.42 Å². The normalized spacial score (nSPS) is 20.2. The molecule has 0 saturated carbocycles. The molecule has 1 heterocycles. The zero-order valence-corrected chi connectivity index (χ0v) is 14.8. The van der Waals surface area contributed by atoms with Gasteiger partial charge in [-0.15, -0.1) is 0 Å². The molecule has 0 radical (unpaired) electrons. The summed E-state index contributed by atoms with van der Waals surface area (Å²) in [6, 6.07) is -1.27. The molecular formula is C14H27N2O5P. The Labute approximate surface area is 133 Å². The number of carboxylic acids is 1. The highest BCUT2D eigenvalue weighted by Gasteiger charge is 2.36. The van der Waals surface area contributed by atoms with Gasteiger partial charge in [-0.05, 0) is 47.5 Å². The van der Waals surface area contributed by atoms with Gasteiger partial charge in [0, 0.05) is 6.54 Å². The molecular weight excluding hydrogens is 307 g/mol. The van der Waals surface area contributed by atoms with Crippen molar-refractivity contribution < 1.29 is 23.7 Å². The van der Waals surface area contributed by atoms with E-state index in [1.807, 2.05) is 27.7 Å². The number of hydrogen-bond donors (Lipinski definition) is 2. The van der Waals surface area contributed by atoms with Crippen molar-refractivity contribution in [3.05, 3.63) is 0 Å². The topological polar surface area (TPSA) is 88.1 Å². The van der Waals surface area contributed by atoms with Gasteiger partial charge < -0.3 is 19.1 Å². The molecule has 128 valence electrons. The van der Waals surface area contributed by atoms with E-state index in [0.29, 0.717) is 13.0 Å². The molecule has 2 atom stereocenters. The van der Waals surface area contributed by atoms with Crippen molar-refractivity contribution in [2.24, 2.45) is 0 Å². The van der Waals surface area contributed by atoms with Crippen LogP contribution in [0.25, 0.3) is 0 Å². The predicted octanol–water partition coefficient (Wildman–Crippen LogP) is 2.12. The monoisotopic (exact) mass is 334 g/mol. The van der Waals surface area contributed by atoms with Crippen LogP contribution in [0.15, 0.2) is 0 Å². The number of likely N-dealkylation sites (tertiary alicyclic amines) is 1. The summed E-state index contributed by atoms with van der Waals surface area (Å²) >= 11 is 0. The van der Waals surface area contributed by atoms with Crippen molar-refractivity contribution in [2.75, 3.05) is 6.54 Å². The fourth-order valence-electron chi connectivity index (χ4n) is 2.22. The maximum atomic E-state index is 12.5. The maximum absolute atomic E-state index is 12.5. The Hall–Kier alpha value is -0.750. The van der Waals surface area contributed by atoms with Gasteiger partial charge in [0.15, 0.2) is 0 Å². The summed E-state index contributed by atoms with van der Waals surface area (Å²) in [6.45, 7) is 9.78. The molecule has 0 aromatic heterocycles. The lowest BCUT2D eigenvalue weighted by Crippen LogP contribution is -2.48. The first-order chi connectivity index (χ1) is 10.2. The van der Waals surface area contributed by atoms with Crippen LogP contribution in [0.1, 0.15) is 47.5 Å². The molecule has 0 spiro atoms. The highest BCUT2D eigenvalue weighted by molar-refractivity contribution is 7.45. The minimum absolute atomic E-state index is 0.0294. The molecule has 1 saturated heterocycles. The van der Waals surface area contributed by atoms with Gasteiger partial charge in [0.2, 0.25) is 5.91 Å². The van der Waals surface area contributed by atoms with E-state index in [2.05, 4.69) is 5.09 Å². The highest BCUT2D eigenvalue weighted by atomic mass is 31.2. The number of nitrogens with one attached hydrogen (secondary N) is 1. The number of nitrogens with zero attached hydrogens (tertiary/aromatic N) is 1. The summed E-state index contributed by atoms with van der Waals surface area (Å²) in [5, 5.41) is 12.2. The molecule has 0 bridgehead atoms. The Bertz CT molecular complexity index is 381. The first-order valence-corrected chi connectivity index (χ1v) is 8.83. The second kappa shape index (κ2) is 8.77. The molecule has 1 rings (SSSR count). The van der Waals surface area contributed by atoms with E-state index in [-0.39, 0.29) is 18.1 Å². The van der Waals surface area contributed by atoms with Crippen LogP contribution in [0.3, 0.4) is 0 Å². The Balaban J connectivity index is 2.65. The molecule has 1 aliphatic heterocycles. The van der Waals surface area contributed by atoms with Crippen molar-refractivity contribution in [1.82, 2.24) is 9.99 Å². The lowest BCUT2D eigenvalue weighted by atomic mass is 10.2. The van der Waals surface area contributed by atoms with Crippen molar-refractivity contribution in [1.29, 1.82) is 0 Å². The fourth-order valence-corrected chi connectivity index (χ4v) is 3.58. The van der Waals surface area contributed by atoms with Gasteiger partial charge in [-0.25, -0.2) is 9.88 Å². The second-order valence-corrected chi connectivity index (χ2v) is 7.14. The molecule has 1 amide bonds. The lowest BCUT2D eigenvalue weighted by molar-refractivity contribution is -0.148. The van der Waals surface area contributed by atoms with Crippen LogP contribution < -0.4 is 5.09 Å². The largest absolute Gasteiger partial charge is 0.480 e. The smallest absolute Gasteiger partial charge is 0.326 e. The SMILES string of the molecule is CC(C)OP(NC(C)C(=O)N1CCC[C@H]1C(=O)O)OC(C)C. The van der Waals surface area contributed by atoms with Crippen LogP contribution in [0, 0.1) is 0 Å². The van der Waals surface area contributed by atoms with Crippen molar-refractivity contribution in [3.8, 4) is 0 Å². The van der Waals surface area contributed by atoms with E-state index in [1.54, 1.807) is 6.92 Å². The van der Waals surface area contributed by atoms with Gasteiger partial charge in [-0.3, -0.25) is 4.79 Å². The minimum Gasteiger partial charge on any atom is -0.480 e. The zero-order chi connectivity index (χ0) is 16.9. The molecule has 0 aromatic carbocycles. The van der Waals surface area contributed by atoms with E-state index >= 15 is 0 Å². The van der Waals surface area contributed by atoms with Crippen LogP contribution in [0.5, 0.6) is 0 Å². The Morgan fingerprint density at radius 3 is 2.18 bits per heavy atom. The summed E-state index contributed by atoms with van der Waals surface area (Å²) in [6.07, 6.45) is 1.17. The first-order valence-electron chi connectivity index (χ1n) is 7.65. The first kappa shape index (κ1) is 19.3. The molecule has 1 fully saturated rings. The van der Waals surface area contributed by atoms with Crippen molar-refractivity contribution in [2.45, 2.75) is 71.8 Å². The zero-order valence-electron chi connectivity index (χ0n) is 13.9. The van der Waals surface area contributed by atoms with Crippen molar-refractivity contribution in [3.63, 3.8) is 0 Å².